The number of unbranched alkanes of at least 4 members (excludes halogenated alkanes) is 1. The van der Waals surface area contributed by atoms with Crippen LogP contribution in [0.3, 0.4) is 0 Å². The predicted octanol–water partition coefficient (Wildman–Crippen LogP) is 8.24. The van der Waals surface area contributed by atoms with Crippen molar-refractivity contribution < 1.29 is 9.47 Å². The van der Waals surface area contributed by atoms with Crippen LogP contribution >= 0.6 is 0 Å². The van der Waals surface area contributed by atoms with Crippen molar-refractivity contribution in [2.24, 2.45) is 0 Å². The van der Waals surface area contributed by atoms with Crippen LogP contribution in [0.25, 0.3) is 22.6 Å². The Morgan fingerprint density at radius 2 is 1.22 bits per heavy atom. The number of imidazole rings is 1. The molecule has 0 N–H and O–H groups in total. The first-order valence-electron chi connectivity index (χ1n) is 14.4. The van der Waals surface area contributed by atoms with Crippen molar-refractivity contribution >= 4 is 0 Å². The third-order valence-corrected chi connectivity index (χ3v) is 7.33. The van der Waals surface area contributed by atoms with Gasteiger partial charge in [-0.05, 0) is 29.7 Å². The summed E-state index contributed by atoms with van der Waals surface area (Å²) in [5, 5.41) is 0. The average Bonchev–Trinajstić information content (AvgIpc) is 3.38. The Labute approximate surface area is 244 Å². The molecular formula is C36H39N3O2. The molecule has 0 fully saturated rings. The van der Waals surface area contributed by atoms with E-state index in [1.54, 1.807) is 14.2 Å². The Kier molecular flexibility index (Phi) is 9.50. The van der Waals surface area contributed by atoms with Crippen molar-refractivity contribution in [2.45, 2.75) is 45.9 Å². The fourth-order valence-corrected chi connectivity index (χ4v) is 5.28. The fourth-order valence-electron chi connectivity index (χ4n) is 5.28. The molecule has 0 saturated heterocycles. The molecule has 0 atom stereocenters. The maximum absolute atomic E-state index is 5.60. The van der Waals surface area contributed by atoms with Crippen LogP contribution in [0.1, 0.15) is 36.6 Å². The monoisotopic (exact) mass is 545 g/mol. The van der Waals surface area contributed by atoms with Crippen LogP contribution in [0.5, 0.6) is 11.5 Å². The van der Waals surface area contributed by atoms with Crippen molar-refractivity contribution in [1.82, 2.24) is 14.5 Å². The Balaban J connectivity index is 1.62. The van der Waals surface area contributed by atoms with Gasteiger partial charge in [0, 0.05) is 43.4 Å². The minimum absolute atomic E-state index is 0.732. The van der Waals surface area contributed by atoms with E-state index in [-0.39, 0.29) is 0 Å². The van der Waals surface area contributed by atoms with Gasteiger partial charge >= 0.3 is 0 Å². The lowest BCUT2D eigenvalue weighted by atomic mass is 10.1. The summed E-state index contributed by atoms with van der Waals surface area (Å²) in [5.41, 5.74) is 6.96. The SMILES string of the molecule is CCCCn1c(-c2ccccc2)nc(-c2ccccc2)c1CN(Cc1ccccc1)Cc1cc(OC)cc(OC)c1. The summed E-state index contributed by atoms with van der Waals surface area (Å²) in [7, 11) is 3.40. The second-order valence-corrected chi connectivity index (χ2v) is 10.3. The first-order valence-corrected chi connectivity index (χ1v) is 14.4. The summed E-state index contributed by atoms with van der Waals surface area (Å²) in [4.78, 5) is 7.81. The fraction of sp³-hybridized carbons (Fsp3) is 0.250. The molecule has 0 bridgehead atoms. The number of methoxy groups -OCH3 is 2. The molecule has 0 radical (unpaired) electrons. The van der Waals surface area contributed by atoms with E-state index < -0.39 is 0 Å². The van der Waals surface area contributed by atoms with Gasteiger partial charge in [0.2, 0.25) is 0 Å². The van der Waals surface area contributed by atoms with Crippen molar-refractivity contribution in [3.63, 3.8) is 0 Å². The predicted molar refractivity (Wildman–Crippen MR) is 167 cm³/mol. The van der Waals surface area contributed by atoms with Gasteiger partial charge in [-0.15, -0.1) is 0 Å². The van der Waals surface area contributed by atoms with Crippen LogP contribution in [0.2, 0.25) is 0 Å². The van der Waals surface area contributed by atoms with E-state index in [1.165, 1.54) is 11.3 Å². The number of ether oxygens (including phenoxy) is 2. The number of rotatable bonds is 13. The maximum Gasteiger partial charge on any atom is 0.140 e. The Bertz CT molecular complexity index is 1490. The van der Waals surface area contributed by atoms with Gasteiger partial charge in [0.1, 0.15) is 17.3 Å². The van der Waals surface area contributed by atoms with Crippen LogP contribution in [0.4, 0.5) is 0 Å². The molecule has 5 aromatic rings. The molecule has 0 spiro atoms. The number of benzene rings is 4. The maximum atomic E-state index is 5.60. The third-order valence-electron chi connectivity index (χ3n) is 7.33. The van der Waals surface area contributed by atoms with Crippen molar-refractivity contribution in [2.75, 3.05) is 14.2 Å². The Morgan fingerprint density at radius 3 is 1.80 bits per heavy atom. The highest BCUT2D eigenvalue weighted by Gasteiger charge is 2.22. The summed E-state index contributed by atoms with van der Waals surface area (Å²) >= 11 is 0. The van der Waals surface area contributed by atoms with Crippen molar-refractivity contribution in [3.8, 4) is 34.1 Å². The van der Waals surface area contributed by atoms with E-state index in [4.69, 9.17) is 14.5 Å². The normalized spacial score (nSPS) is 11.1. The second kappa shape index (κ2) is 13.8. The van der Waals surface area contributed by atoms with Gasteiger partial charge in [0.05, 0.1) is 25.6 Å². The molecule has 5 rings (SSSR count). The van der Waals surface area contributed by atoms with Gasteiger partial charge in [-0.2, -0.15) is 0 Å². The smallest absolute Gasteiger partial charge is 0.140 e. The molecule has 5 nitrogen and oxygen atoms in total. The number of nitrogens with zero attached hydrogens (tertiary/aromatic N) is 3. The lowest BCUT2D eigenvalue weighted by Crippen LogP contribution is -2.24. The summed E-state index contributed by atoms with van der Waals surface area (Å²) in [6, 6.07) is 37.9. The standard InChI is InChI=1S/C36H39N3O2/c1-4-5-21-39-34(35(30-17-11-7-12-18-30)37-36(39)31-19-13-8-14-20-31)27-38(25-28-15-9-6-10-16-28)26-29-22-32(40-2)24-33(23-29)41-3/h6-20,22-24H,4-5,21,25-27H2,1-3H3. The highest BCUT2D eigenvalue weighted by Crippen LogP contribution is 2.32. The molecule has 41 heavy (non-hydrogen) atoms. The van der Waals surface area contributed by atoms with E-state index in [0.717, 1.165) is 78.7 Å². The number of hydrogen-bond acceptors (Lipinski definition) is 4. The first-order chi connectivity index (χ1) is 20.2. The summed E-state index contributed by atoms with van der Waals surface area (Å²) in [6.45, 7) is 5.43. The van der Waals surface area contributed by atoms with Crippen LogP contribution < -0.4 is 9.47 Å². The van der Waals surface area contributed by atoms with Gasteiger partial charge in [-0.25, -0.2) is 4.98 Å². The molecule has 0 aliphatic rings. The van der Waals surface area contributed by atoms with E-state index in [9.17, 15) is 0 Å². The molecule has 4 aromatic carbocycles. The summed E-state index contributed by atoms with van der Waals surface area (Å²) in [6.07, 6.45) is 2.20. The second-order valence-electron chi connectivity index (χ2n) is 10.3. The minimum atomic E-state index is 0.732. The zero-order valence-corrected chi connectivity index (χ0v) is 24.3. The third kappa shape index (κ3) is 7.05. The van der Waals surface area contributed by atoms with Crippen LogP contribution in [-0.4, -0.2) is 28.7 Å². The molecule has 210 valence electrons. The molecule has 0 aliphatic heterocycles. The number of aromatic nitrogens is 2. The molecule has 1 aromatic heterocycles. The minimum Gasteiger partial charge on any atom is -0.497 e. The van der Waals surface area contributed by atoms with Crippen LogP contribution in [0.15, 0.2) is 109 Å². The average molecular weight is 546 g/mol. The largest absolute Gasteiger partial charge is 0.497 e. The zero-order valence-electron chi connectivity index (χ0n) is 24.3. The van der Waals surface area contributed by atoms with Crippen LogP contribution in [0, 0.1) is 0 Å². The first kappa shape index (κ1) is 28.2. The van der Waals surface area contributed by atoms with Crippen molar-refractivity contribution in [1.29, 1.82) is 0 Å². The van der Waals surface area contributed by atoms with Gasteiger partial charge in [0.15, 0.2) is 0 Å². The quantitative estimate of drug-likeness (QED) is 0.149. The molecule has 5 heteroatoms. The molecule has 0 saturated carbocycles. The Hall–Kier alpha value is -4.35. The van der Waals surface area contributed by atoms with Crippen molar-refractivity contribution in [3.05, 3.63) is 126 Å². The number of hydrogen-bond donors (Lipinski definition) is 0. The van der Waals surface area contributed by atoms with E-state index in [1.807, 2.05) is 6.07 Å². The van der Waals surface area contributed by atoms with Crippen LogP contribution in [-0.2, 0) is 26.2 Å². The molecular weight excluding hydrogens is 506 g/mol. The van der Waals surface area contributed by atoms with Gasteiger partial charge in [-0.1, -0.05) is 104 Å². The van der Waals surface area contributed by atoms with Gasteiger partial charge in [-0.3, -0.25) is 4.90 Å². The topological polar surface area (TPSA) is 39.5 Å². The molecule has 1 heterocycles. The van der Waals surface area contributed by atoms with Gasteiger partial charge in [0.25, 0.3) is 0 Å². The highest BCUT2D eigenvalue weighted by molar-refractivity contribution is 5.68. The highest BCUT2D eigenvalue weighted by atomic mass is 16.5. The van der Waals surface area contributed by atoms with E-state index in [0.29, 0.717) is 0 Å². The lowest BCUT2D eigenvalue weighted by molar-refractivity contribution is 0.240. The van der Waals surface area contributed by atoms with Gasteiger partial charge < -0.3 is 14.0 Å². The van der Waals surface area contributed by atoms with E-state index in [2.05, 4.69) is 120 Å². The zero-order chi connectivity index (χ0) is 28.4. The molecule has 0 aliphatic carbocycles. The molecule has 0 amide bonds. The Morgan fingerprint density at radius 1 is 0.659 bits per heavy atom. The molecule has 0 unspecified atom stereocenters. The summed E-state index contributed by atoms with van der Waals surface area (Å²) in [5.74, 6) is 2.61. The lowest BCUT2D eigenvalue weighted by Gasteiger charge is -2.25. The summed E-state index contributed by atoms with van der Waals surface area (Å²) < 4.78 is 13.6. The van der Waals surface area contributed by atoms with E-state index >= 15 is 0 Å².